The lowest BCUT2D eigenvalue weighted by Crippen LogP contribution is -2.32. The molecule has 0 aliphatic carbocycles. The van der Waals surface area contributed by atoms with Gasteiger partial charge in [-0.25, -0.2) is 8.42 Å². The lowest BCUT2D eigenvalue weighted by Gasteiger charge is -2.19. The fraction of sp³-hybridized carbons (Fsp3) is 0.409. The third-order valence-electron chi connectivity index (χ3n) is 5.37. The number of sulfonamides is 1. The number of rotatable bonds is 8. The number of nitrogens with one attached hydrogen (secondary N) is 1. The van der Waals surface area contributed by atoms with Crippen molar-refractivity contribution in [2.45, 2.75) is 31.1 Å². The zero-order valence-corrected chi connectivity index (χ0v) is 17.9. The molecule has 7 heteroatoms. The zero-order chi connectivity index (χ0) is 20.9. The van der Waals surface area contributed by atoms with Crippen LogP contribution in [0.3, 0.4) is 0 Å². The first kappa shape index (κ1) is 21.5. The topological polar surface area (TPSA) is 69.7 Å². The first-order chi connectivity index (χ1) is 13.9. The van der Waals surface area contributed by atoms with Crippen LogP contribution in [0.1, 0.15) is 31.7 Å². The van der Waals surface area contributed by atoms with Crippen LogP contribution in [-0.2, 0) is 14.8 Å². The number of hydrogen-bond acceptors (Lipinski definition) is 4. The minimum absolute atomic E-state index is 0.129. The van der Waals surface area contributed by atoms with E-state index in [1.165, 1.54) is 15.9 Å². The van der Waals surface area contributed by atoms with E-state index in [-0.39, 0.29) is 10.8 Å². The van der Waals surface area contributed by atoms with Crippen molar-refractivity contribution < 1.29 is 13.2 Å². The molecule has 1 fully saturated rings. The van der Waals surface area contributed by atoms with Crippen LogP contribution in [0.4, 0.5) is 5.69 Å². The van der Waals surface area contributed by atoms with Gasteiger partial charge in [-0.2, -0.15) is 4.31 Å². The summed E-state index contributed by atoms with van der Waals surface area (Å²) < 4.78 is 26.8. The normalized spacial score (nSPS) is 17.6. The summed E-state index contributed by atoms with van der Waals surface area (Å²) >= 11 is 0. The van der Waals surface area contributed by atoms with E-state index in [4.69, 9.17) is 0 Å². The molecule has 1 heterocycles. The zero-order valence-electron chi connectivity index (χ0n) is 17.0. The van der Waals surface area contributed by atoms with E-state index >= 15 is 0 Å². The maximum atomic E-state index is 12.7. The van der Waals surface area contributed by atoms with Gasteiger partial charge in [0.2, 0.25) is 15.9 Å². The van der Waals surface area contributed by atoms with Gasteiger partial charge in [-0.3, -0.25) is 9.69 Å². The van der Waals surface area contributed by atoms with Crippen molar-refractivity contribution in [3.8, 4) is 0 Å². The van der Waals surface area contributed by atoms with Crippen molar-refractivity contribution in [1.82, 2.24) is 9.21 Å². The van der Waals surface area contributed by atoms with Gasteiger partial charge in [0.05, 0.1) is 11.4 Å². The van der Waals surface area contributed by atoms with Crippen LogP contribution in [-0.4, -0.2) is 56.3 Å². The quantitative estimate of drug-likeness (QED) is 0.719. The van der Waals surface area contributed by atoms with Crippen LogP contribution in [0.2, 0.25) is 0 Å². The van der Waals surface area contributed by atoms with Crippen LogP contribution in [0.15, 0.2) is 59.5 Å². The summed E-state index contributed by atoms with van der Waals surface area (Å²) in [7, 11) is -3.55. The molecule has 0 saturated carbocycles. The first-order valence-corrected chi connectivity index (χ1v) is 11.6. The smallest absolute Gasteiger partial charge is 0.243 e. The molecule has 2 aromatic carbocycles. The number of hydrogen-bond donors (Lipinski definition) is 1. The summed E-state index contributed by atoms with van der Waals surface area (Å²) in [4.78, 5) is 14.8. The van der Waals surface area contributed by atoms with Gasteiger partial charge in [0.1, 0.15) is 0 Å². The molecule has 1 unspecified atom stereocenters. The lowest BCUT2D eigenvalue weighted by molar-refractivity contribution is -0.117. The number of carbonyl (C=O) groups excluding carboxylic acids is 1. The molecule has 1 atom stereocenters. The Morgan fingerprint density at radius 2 is 1.83 bits per heavy atom. The number of nitrogens with zero attached hydrogens (tertiary/aromatic N) is 2. The highest BCUT2D eigenvalue weighted by atomic mass is 32.2. The summed E-state index contributed by atoms with van der Waals surface area (Å²) in [6.07, 6.45) is 1.04. The van der Waals surface area contributed by atoms with E-state index in [2.05, 4.69) is 22.3 Å². The third-order valence-corrected chi connectivity index (χ3v) is 7.42. The van der Waals surface area contributed by atoms with E-state index in [1.54, 1.807) is 18.2 Å². The number of benzene rings is 2. The summed E-state index contributed by atoms with van der Waals surface area (Å²) in [6, 6.07) is 16.8. The second kappa shape index (κ2) is 9.52. The highest BCUT2D eigenvalue weighted by molar-refractivity contribution is 7.89. The molecule has 1 N–H and O–H groups in total. The van der Waals surface area contributed by atoms with Crippen molar-refractivity contribution in [2.24, 2.45) is 0 Å². The van der Waals surface area contributed by atoms with Gasteiger partial charge in [-0.05, 0) is 42.6 Å². The second-order valence-corrected chi connectivity index (χ2v) is 9.23. The summed E-state index contributed by atoms with van der Waals surface area (Å²) in [5.41, 5.74) is 1.81. The van der Waals surface area contributed by atoms with E-state index in [0.717, 1.165) is 19.5 Å². The molecule has 2 aromatic rings. The lowest BCUT2D eigenvalue weighted by atomic mass is 9.99. The van der Waals surface area contributed by atoms with Crippen LogP contribution in [0.25, 0.3) is 0 Å². The summed E-state index contributed by atoms with van der Waals surface area (Å²) in [5.74, 6) is 0.322. The maximum absolute atomic E-state index is 12.7. The van der Waals surface area contributed by atoms with Gasteiger partial charge in [-0.1, -0.05) is 50.2 Å². The predicted molar refractivity (Wildman–Crippen MR) is 115 cm³/mol. The molecule has 156 valence electrons. The molecular weight excluding hydrogens is 386 g/mol. The Labute approximate surface area is 173 Å². The number of likely N-dealkylation sites (tertiary alicyclic amines) is 1. The van der Waals surface area contributed by atoms with Crippen molar-refractivity contribution in [1.29, 1.82) is 0 Å². The highest BCUT2D eigenvalue weighted by Gasteiger charge is 2.25. The van der Waals surface area contributed by atoms with Crippen molar-refractivity contribution in [3.05, 3.63) is 60.2 Å². The van der Waals surface area contributed by atoms with E-state index in [9.17, 15) is 13.2 Å². The largest absolute Gasteiger partial charge is 0.325 e. The Kier molecular flexibility index (Phi) is 7.05. The molecule has 0 radical (unpaired) electrons. The van der Waals surface area contributed by atoms with Gasteiger partial charge in [0.15, 0.2) is 0 Å². The molecule has 1 amide bonds. The Bertz CT molecular complexity index is 927. The number of anilines is 1. The molecular formula is C22H29N3O3S. The number of amides is 1. The highest BCUT2D eigenvalue weighted by Crippen LogP contribution is 2.26. The van der Waals surface area contributed by atoms with Crippen LogP contribution in [0, 0.1) is 0 Å². The number of carbonyl (C=O) groups is 1. The molecule has 0 aromatic heterocycles. The monoisotopic (exact) mass is 415 g/mol. The molecule has 29 heavy (non-hydrogen) atoms. The second-order valence-electron chi connectivity index (χ2n) is 7.30. The van der Waals surface area contributed by atoms with E-state index in [0.29, 0.717) is 31.2 Å². The molecule has 1 saturated heterocycles. The van der Waals surface area contributed by atoms with Crippen LogP contribution >= 0.6 is 0 Å². The summed E-state index contributed by atoms with van der Waals surface area (Å²) in [6.45, 7) is 6.48. The Morgan fingerprint density at radius 1 is 1.10 bits per heavy atom. The molecule has 1 aliphatic rings. The van der Waals surface area contributed by atoms with Gasteiger partial charge < -0.3 is 5.32 Å². The van der Waals surface area contributed by atoms with E-state index < -0.39 is 10.0 Å². The SMILES string of the molecule is CCN(CC)S(=O)(=O)c1cccc(NC(=O)CN2CCC(c3ccccc3)C2)c1. The molecule has 0 spiro atoms. The van der Waals surface area contributed by atoms with Crippen LogP contribution in [0.5, 0.6) is 0 Å². The van der Waals surface area contributed by atoms with Crippen molar-refractivity contribution in [3.63, 3.8) is 0 Å². The van der Waals surface area contributed by atoms with Gasteiger partial charge in [0.25, 0.3) is 0 Å². The van der Waals surface area contributed by atoms with Gasteiger partial charge in [0, 0.05) is 25.3 Å². The Hall–Kier alpha value is -2.22. The van der Waals surface area contributed by atoms with Crippen molar-refractivity contribution >= 4 is 21.6 Å². The Balaban J connectivity index is 1.60. The van der Waals surface area contributed by atoms with Gasteiger partial charge in [-0.15, -0.1) is 0 Å². The minimum atomic E-state index is -3.55. The average molecular weight is 416 g/mol. The fourth-order valence-corrected chi connectivity index (χ4v) is 5.33. The average Bonchev–Trinajstić information content (AvgIpc) is 3.18. The summed E-state index contributed by atoms with van der Waals surface area (Å²) in [5, 5.41) is 2.85. The molecule has 0 bridgehead atoms. The standard InChI is InChI=1S/C22H29N3O3S/c1-3-25(4-2)29(27,28)21-12-8-11-20(15-21)23-22(26)17-24-14-13-19(16-24)18-9-6-5-7-10-18/h5-12,15,19H,3-4,13-14,16-17H2,1-2H3,(H,23,26). The molecule has 6 nitrogen and oxygen atoms in total. The predicted octanol–water partition coefficient (Wildman–Crippen LogP) is 3.15. The molecule has 3 rings (SSSR count). The third kappa shape index (κ3) is 5.23. The Morgan fingerprint density at radius 3 is 2.52 bits per heavy atom. The van der Waals surface area contributed by atoms with E-state index in [1.807, 2.05) is 32.0 Å². The fourth-order valence-electron chi connectivity index (χ4n) is 3.82. The van der Waals surface area contributed by atoms with Gasteiger partial charge >= 0.3 is 0 Å². The van der Waals surface area contributed by atoms with Crippen molar-refractivity contribution in [2.75, 3.05) is 38.0 Å². The minimum Gasteiger partial charge on any atom is -0.325 e. The molecule has 1 aliphatic heterocycles. The first-order valence-electron chi connectivity index (χ1n) is 10.1. The van der Waals surface area contributed by atoms with Crippen LogP contribution < -0.4 is 5.32 Å². The maximum Gasteiger partial charge on any atom is 0.243 e.